The second-order valence-electron chi connectivity index (χ2n) is 6.28. The number of aromatic nitrogens is 3. The Labute approximate surface area is 175 Å². The van der Waals surface area contributed by atoms with E-state index >= 15 is 0 Å². The van der Waals surface area contributed by atoms with Crippen LogP contribution in [0.3, 0.4) is 0 Å². The molecule has 0 saturated heterocycles. The molecule has 0 aliphatic rings. The van der Waals surface area contributed by atoms with Crippen LogP contribution in [0.5, 0.6) is 0 Å². The van der Waals surface area contributed by atoms with E-state index in [2.05, 4.69) is 39.0 Å². The molecule has 2 aromatic heterocycles. The maximum Gasteiger partial charge on any atom is 0.234 e. The van der Waals surface area contributed by atoms with Crippen LogP contribution in [0.2, 0.25) is 0 Å². The summed E-state index contributed by atoms with van der Waals surface area (Å²) in [5.41, 5.74) is 0.412. The van der Waals surface area contributed by atoms with Crippen LogP contribution in [-0.4, -0.2) is 39.7 Å². The van der Waals surface area contributed by atoms with Crippen molar-refractivity contribution in [2.75, 3.05) is 29.1 Å². The van der Waals surface area contributed by atoms with Crippen LogP contribution in [0.4, 0.5) is 19.6 Å². The van der Waals surface area contributed by atoms with Crippen molar-refractivity contribution >= 4 is 50.2 Å². The van der Waals surface area contributed by atoms with Crippen LogP contribution < -0.4 is 10.2 Å². The second-order valence-corrected chi connectivity index (χ2v) is 8.22. The largest absolute Gasteiger partial charge is 0.348 e. The molecular formula is C19H21F2N5OS2. The van der Waals surface area contributed by atoms with Crippen LogP contribution in [0, 0.1) is 11.6 Å². The number of thioether (sulfide) groups is 1. The first kappa shape index (κ1) is 21.4. The summed E-state index contributed by atoms with van der Waals surface area (Å²) in [6.07, 6.45) is 3.45. The van der Waals surface area contributed by atoms with Gasteiger partial charge in [-0.25, -0.2) is 18.7 Å². The van der Waals surface area contributed by atoms with Crippen molar-refractivity contribution in [1.82, 2.24) is 15.0 Å². The summed E-state index contributed by atoms with van der Waals surface area (Å²) in [6, 6.07) is 2.93. The summed E-state index contributed by atoms with van der Waals surface area (Å²) in [6.45, 7) is 6.06. The van der Waals surface area contributed by atoms with E-state index < -0.39 is 17.5 Å². The molecule has 10 heteroatoms. The van der Waals surface area contributed by atoms with E-state index in [-0.39, 0.29) is 11.4 Å². The molecule has 0 bridgehead atoms. The lowest BCUT2D eigenvalue weighted by atomic mass is 10.3. The first-order chi connectivity index (χ1) is 14.0. The Hall–Kier alpha value is -2.33. The van der Waals surface area contributed by atoms with Gasteiger partial charge in [0.1, 0.15) is 27.7 Å². The van der Waals surface area contributed by atoms with E-state index in [1.807, 2.05) is 0 Å². The highest BCUT2D eigenvalue weighted by Gasteiger charge is 2.16. The molecule has 1 amide bonds. The average Bonchev–Trinajstić information content (AvgIpc) is 3.14. The van der Waals surface area contributed by atoms with Gasteiger partial charge >= 0.3 is 0 Å². The van der Waals surface area contributed by atoms with Gasteiger partial charge in [0.15, 0.2) is 10.8 Å². The van der Waals surface area contributed by atoms with Crippen LogP contribution in [0.1, 0.15) is 26.7 Å². The molecule has 0 aliphatic carbocycles. The highest BCUT2D eigenvalue weighted by atomic mass is 32.2. The molecule has 0 radical (unpaired) electrons. The molecule has 6 nitrogen and oxygen atoms in total. The molecule has 0 saturated carbocycles. The summed E-state index contributed by atoms with van der Waals surface area (Å²) in [7, 11) is 0. The van der Waals surface area contributed by atoms with Crippen LogP contribution in [0.15, 0.2) is 29.6 Å². The standard InChI is InChI=1S/C19H21F2N5OS2/c1-3-7-26(8-4-2)19-25-17-16(29-19)18(23-11-22-17)28-10-15(27)24-14-9-12(20)5-6-13(14)21/h5-6,9,11H,3-4,7-8,10H2,1-2H3,(H,24,27). The Morgan fingerprint density at radius 2 is 1.97 bits per heavy atom. The molecule has 0 aliphatic heterocycles. The topological polar surface area (TPSA) is 71.0 Å². The highest BCUT2D eigenvalue weighted by Crippen LogP contribution is 2.34. The molecule has 0 atom stereocenters. The SMILES string of the molecule is CCCN(CCC)c1nc2ncnc(SCC(=O)Nc3cc(F)ccc3F)c2s1. The summed E-state index contributed by atoms with van der Waals surface area (Å²) >= 11 is 2.71. The van der Waals surface area contributed by atoms with Gasteiger partial charge in [-0.05, 0) is 25.0 Å². The summed E-state index contributed by atoms with van der Waals surface area (Å²) in [5.74, 6) is -1.75. The lowest BCUT2D eigenvalue weighted by molar-refractivity contribution is -0.113. The summed E-state index contributed by atoms with van der Waals surface area (Å²) in [4.78, 5) is 27.5. The number of rotatable bonds is 9. The number of carbonyl (C=O) groups is 1. The van der Waals surface area contributed by atoms with Crippen LogP contribution >= 0.6 is 23.1 Å². The Kier molecular flexibility index (Phi) is 7.32. The fraction of sp³-hybridized carbons (Fsp3) is 0.368. The minimum Gasteiger partial charge on any atom is -0.348 e. The number of nitrogens with zero attached hydrogens (tertiary/aromatic N) is 4. The molecule has 0 spiro atoms. The van der Waals surface area contributed by atoms with E-state index in [0.717, 1.165) is 54.0 Å². The molecule has 0 unspecified atom stereocenters. The highest BCUT2D eigenvalue weighted by molar-refractivity contribution is 8.00. The van der Waals surface area contributed by atoms with Crippen molar-refractivity contribution in [1.29, 1.82) is 0 Å². The van der Waals surface area contributed by atoms with Crippen molar-refractivity contribution < 1.29 is 13.6 Å². The van der Waals surface area contributed by atoms with Gasteiger partial charge in [-0.1, -0.05) is 36.9 Å². The zero-order valence-corrected chi connectivity index (χ0v) is 17.7. The number of amides is 1. The van der Waals surface area contributed by atoms with Gasteiger partial charge in [-0.2, -0.15) is 4.98 Å². The summed E-state index contributed by atoms with van der Waals surface area (Å²) in [5, 5.41) is 3.91. The molecule has 3 rings (SSSR count). The molecular weight excluding hydrogens is 416 g/mol. The number of anilines is 2. The Balaban J connectivity index is 1.72. The number of fused-ring (bicyclic) bond motifs is 1. The van der Waals surface area contributed by atoms with Crippen LogP contribution in [0.25, 0.3) is 10.3 Å². The monoisotopic (exact) mass is 437 g/mol. The quantitative estimate of drug-likeness (QED) is 0.386. The second kappa shape index (κ2) is 9.93. The molecule has 29 heavy (non-hydrogen) atoms. The number of benzene rings is 1. The predicted octanol–water partition coefficient (Wildman–Crippen LogP) is 4.72. The number of hydrogen-bond acceptors (Lipinski definition) is 7. The Morgan fingerprint density at radius 3 is 2.69 bits per heavy atom. The zero-order chi connectivity index (χ0) is 20.8. The fourth-order valence-corrected chi connectivity index (χ4v) is 4.66. The van der Waals surface area contributed by atoms with E-state index in [4.69, 9.17) is 0 Å². The third-order valence-corrected chi connectivity index (χ3v) is 6.18. The van der Waals surface area contributed by atoms with Gasteiger partial charge in [0.05, 0.1) is 11.4 Å². The number of thiazole rings is 1. The van der Waals surface area contributed by atoms with E-state index in [0.29, 0.717) is 10.7 Å². The van der Waals surface area contributed by atoms with E-state index in [1.54, 1.807) is 0 Å². The molecule has 154 valence electrons. The molecule has 2 heterocycles. The van der Waals surface area contributed by atoms with Gasteiger partial charge in [0, 0.05) is 19.2 Å². The average molecular weight is 438 g/mol. The van der Waals surface area contributed by atoms with Crippen molar-refractivity contribution in [3.8, 4) is 0 Å². The number of nitrogens with one attached hydrogen (secondary N) is 1. The normalized spacial score (nSPS) is 11.0. The molecule has 0 fully saturated rings. The minimum atomic E-state index is -0.687. The fourth-order valence-electron chi connectivity index (χ4n) is 2.72. The van der Waals surface area contributed by atoms with Gasteiger partial charge in [-0.15, -0.1) is 0 Å². The number of carbonyl (C=O) groups excluding carboxylic acids is 1. The first-order valence-corrected chi connectivity index (χ1v) is 11.1. The lowest BCUT2D eigenvalue weighted by Crippen LogP contribution is -2.24. The van der Waals surface area contributed by atoms with E-state index in [1.165, 1.54) is 29.4 Å². The smallest absolute Gasteiger partial charge is 0.234 e. The van der Waals surface area contributed by atoms with Crippen molar-refractivity contribution in [2.24, 2.45) is 0 Å². The minimum absolute atomic E-state index is 0.00291. The van der Waals surface area contributed by atoms with Gasteiger partial charge in [0.2, 0.25) is 5.91 Å². The van der Waals surface area contributed by atoms with Gasteiger partial charge in [-0.3, -0.25) is 4.79 Å². The van der Waals surface area contributed by atoms with E-state index in [9.17, 15) is 13.6 Å². The molecule has 3 aromatic rings. The third-order valence-electron chi connectivity index (χ3n) is 3.95. The Bertz CT molecular complexity index is 992. The molecule has 1 aromatic carbocycles. The predicted molar refractivity (Wildman–Crippen MR) is 114 cm³/mol. The van der Waals surface area contributed by atoms with Crippen molar-refractivity contribution in [3.05, 3.63) is 36.2 Å². The zero-order valence-electron chi connectivity index (χ0n) is 16.1. The first-order valence-electron chi connectivity index (χ1n) is 9.26. The van der Waals surface area contributed by atoms with Crippen molar-refractivity contribution in [3.63, 3.8) is 0 Å². The number of halogens is 2. The lowest BCUT2D eigenvalue weighted by Gasteiger charge is -2.19. The van der Waals surface area contributed by atoms with Crippen molar-refractivity contribution in [2.45, 2.75) is 31.7 Å². The molecule has 1 N–H and O–H groups in total. The van der Waals surface area contributed by atoms with Gasteiger partial charge < -0.3 is 10.2 Å². The summed E-state index contributed by atoms with van der Waals surface area (Å²) < 4.78 is 27.8. The maximum absolute atomic E-state index is 13.7. The number of hydrogen-bond donors (Lipinski definition) is 1. The van der Waals surface area contributed by atoms with Crippen LogP contribution in [-0.2, 0) is 4.79 Å². The Morgan fingerprint density at radius 1 is 1.21 bits per heavy atom. The van der Waals surface area contributed by atoms with Gasteiger partial charge in [0.25, 0.3) is 0 Å². The maximum atomic E-state index is 13.7. The third kappa shape index (κ3) is 5.39.